The van der Waals surface area contributed by atoms with Crippen molar-refractivity contribution in [1.82, 2.24) is 4.72 Å². The number of halogens is 1. The lowest BCUT2D eigenvalue weighted by Crippen LogP contribution is -2.47. The van der Waals surface area contributed by atoms with Crippen LogP contribution in [-0.2, 0) is 14.8 Å². The molecule has 0 aromatic heterocycles. The summed E-state index contributed by atoms with van der Waals surface area (Å²) in [6.45, 7) is 3.60. The Morgan fingerprint density at radius 2 is 1.77 bits per heavy atom. The molecule has 0 fully saturated rings. The first-order valence-electron chi connectivity index (χ1n) is 7.96. The molecule has 0 saturated carbocycles. The summed E-state index contributed by atoms with van der Waals surface area (Å²) in [6, 6.07) is 12.8. The molecule has 1 atom stereocenters. The van der Waals surface area contributed by atoms with Gasteiger partial charge in [-0.1, -0.05) is 35.8 Å². The van der Waals surface area contributed by atoms with E-state index in [1.165, 1.54) is 12.1 Å². The molecule has 8 heteroatoms. The Kier molecular flexibility index (Phi) is 7.28. The molecule has 140 valence electrons. The van der Waals surface area contributed by atoms with Crippen LogP contribution in [0.25, 0.3) is 0 Å². The summed E-state index contributed by atoms with van der Waals surface area (Å²) in [5.74, 6) is -0.608. The van der Waals surface area contributed by atoms with E-state index in [0.29, 0.717) is 5.69 Å². The summed E-state index contributed by atoms with van der Waals surface area (Å²) in [5.41, 5.74) is 0.635. The van der Waals surface area contributed by atoms with Gasteiger partial charge < -0.3 is 5.32 Å². The number of thioether (sulfide) groups is 1. The monoisotopic (exact) mass is 456 g/mol. The zero-order valence-corrected chi connectivity index (χ0v) is 17.9. The molecule has 26 heavy (non-hydrogen) atoms. The van der Waals surface area contributed by atoms with Gasteiger partial charge in [0.25, 0.3) is 0 Å². The Hall–Kier alpha value is -1.35. The molecule has 1 amide bonds. The van der Waals surface area contributed by atoms with Gasteiger partial charge in [-0.2, -0.15) is 4.72 Å². The molecule has 0 bridgehead atoms. The first-order chi connectivity index (χ1) is 12.2. The highest BCUT2D eigenvalue weighted by Gasteiger charge is 2.28. The van der Waals surface area contributed by atoms with Crippen LogP contribution in [0.15, 0.2) is 62.8 Å². The third kappa shape index (κ3) is 5.57. The molecule has 0 aliphatic heterocycles. The van der Waals surface area contributed by atoms with Crippen LogP contribution in [0.2, 0.25) is 0 Å². The number of nitrogens with one attached hydrogen (secondary N) is 2. The minimum Gasteiger partial charge on any atom is -0.325 e. The van der Waals surface area contributed by atoms with E-state index in [0.717, 1.165) is 9.37 Å². The van der Waals surface area contributed by atoms with Crippen LogP contribution in [0.5, 0.6) is 0 Å². The van der Waals surface area contributed by atoms with Crippen molar-refractivity contribution in [1.29, 1.82) is 0 Å². The Bertz CT molecular complexity index is 868. The maximum Gasteiger partial charge on any atom is 0.242 e. The lowest BCUT2D eigenvalue weighted by Gasteiger charge is -2.22. The van der Waals surface area contributed by atoms with Gasteiger partial charge in [0.1, 0.15) is 6.04 Å². The van der Waals surface area contributed by atoms with E-state index in [1.807, 2.05) is 24.5 Å². The average Bonchev–Trinajstić information content (AvgIpc) is 2.60. The third-order valence-electron chi connectivity index (χ3n) is 3.69. The number of rotatable bonds is 7. The normalized spacial score (nSPS) is 12.8. The molecule has 2 N–H and O–H groups in total. The smallest absolute Gasteiger partial charge is 0.242 e. The van der Waals surface area contributed by atoms with E-state index in [9.17, 15) is 13.2 Å². The van der Waals surface area contributed by atoms with Gasteiger partial charge in [0, 0.05) is 15.1 Å². The van der Waals surface area contributed by atoms with Crippen molar-refractivity contribution in [2.24, 2.45) is 5.92 Å². The van der Waals surface area contributed by atoms with Crippen molar-refractivity contribution < 1.29 is 13.2 Å². The van der Waals surface area contributed by atoms with Gasteiger partial charge in [-0.05, 0) is 54.6 Å². The van der Waals surface area contributed by atoms with Crippen LogP contribution >= 0.6 is 27.7 Å². The SMILES string of the molecule is CSc1cccc(NC(=O)C(NS(=O)(=O)c2ccc(Br)cc2)C(C)C)c1. The van der Waals surface area contributed by atoms with Crippen LogP contribution in [-0.4, -0.2) is 26.6 Å². The van der Waals surface area contributed by atoms with Crippen LogP contribution in [0.3, 0.4) is 0 Å². The minimum atomic E-state index is -3.81. The lowest BCUT2D eigenvalue weighted by molar-refractivity contribution is -0.118. The molecule has 1 unspecified atom stereocenters. The fourth-order valence-corrected chi connectivity index (χ4v) is 4.33. The Morgan fingerprint density at radius 3 is 2.35 bits per heavy atom. The molecular weight excluding hydrogens is 436 g/mol. The second-order valence-corrected chi connectivity index (χ2v) is 9.53. The van der Waals surface area contributed by atoms with Crippen molar-refractivity contribution in [3.05, 3.63) is 53.0 Å². The molecule has 2 aromatic rings. The summed E-state index contributed by atoms with van der Waals surface area (Å²) in [7, 11) is -3.81. The van der Waals surface area contributed by atoms with Gasteiger partial charge in [-0.3, -0.25) is 4.79 Å². The highest BCUT2D eigenvalue weighted by atomic mass is 79.9. The fourth-order valence-electron chi connectivity index (χ4n) is 2.26. The van der Waals surface area contributed by atoms with Crippen molar-refractivity contribution in [3.8, 4) is 0 Å². The molecule has 0 spiro atoms. The maximum atomic E-state index is 12.7. The first-order valence-corrected chi connectivity index (χ1v) is 11.5. The number of sulfonamides is 1. The van der Waals surface area contributed by atoms with E-state index in [1.54, 1.807) is 43.8 Å². The van der Waals surface area contributed by atoms with Gasteiger partial charge in [0.05, 0.1) is 4.90 Å². The Morgan fingerprint density at radius 1 is 1.12 bits per heavy atom. The van der Waals surface area contributed by atoms with Crippen LogP contribution in [0.1, 0.15) is 13.8 Å². The summed E-state index contributed by atoms with van der Waals surface area (Å²) in [5, 5.41) is 2.79. The van der Waals surface area contributed by atoms with Crippen LogP contribution in [0, 0.1) is 5.92 Å². The fraction of sp³-hybridized carbons (Fsp3) is 0.278. The van der Waals surface area contributed by atoms with Crippen molar-refractivity contribution in [3.63, 3.8) is 0 Å². The second-order valence-electron chi connectivity index (χ2n) is 6.02. The molecule has 0 heterocycles. The standard InChI is InChI=1S/C18H21BrN2O3S2/c1-12(2)17(18(22)20-14-5-4-6-15(11-14)25-3)21-26(23,24)16-9-7-13(19)8-10-16/h4-12,17,21H,1-3H3,(H,20,22). The van der Waals surface area contributed by atoms with Gasteiger partial charge >= 0.3 is 0 Å². The number of carbonyl (C=O) groups excluding carboxylic acids is 1. The van der Waals surface area contributed by atoms with E-state index < -0.39 is 16.1 Å². The summed E-state index contributed by atoms with van der Waals surface area (Å²) < 4.78 is 28.5. The number of amides is 1. The summed E-state index contributed by atoms with van der Waals surface area (Å²) in [6.07, 6.45) is 1.95. The van der Waals surface area contributed by atoms with Gasteiger partial charge in [-0.15, -0.1) is 11.8 Å². The number of anilines is 1. The van der Waals surface area contributed by atoms with E-state index in [-0.39, 0.29) is 16.7 Å². The number of hydrogen-bond acceptors (Lipinski definition) is 4. The Balaban J connectivity index is 2.19. The number of carbonyl (C=O) groups is 1. The van der Waals surface area contributed by atoms with Crippen molar-refractivity contribution in [2.75, 3.05) is 11.6 Å². The molecule has 2 aromatic carbocycles. The molecular formula is C18H21BrN2O3S2. The predicted octanol–water partition coefficient (Wildman–Crippen LogP) is 4.11. The number of benzene rings is 2. The second kappa shape index (κ2) is 9.03. The largest absolute Gasteiger partial charge is 0.325 e. The van der Waals surface area contributed by atoms with E-state index in [4.69, 9.17) is 0 Å². The minimum absolute atomic E-state index is 0.114. The highest BCUT2D eigenvalue weighted by Crippen LogP contribution is 2.20. The van der Waals surface area contributed by atoms with Crippen molar-refractivity contribution in [2.45, 2.75) is 29.7 Å². The Labute approximate surface area is 167 Å². The quantitative estimate of drug-likeness (QED) is 0.614. The topological polar surface area (TPSA) is 75.3 Å². The molecule has 0 aliphatic rings. The third-order valence-corrected chi connectivity index (χ3v) is 6.40. The molecule has 0 radical (unpaired) electrons. The predicted molar refractivity (Wildman–Crippen MR) is 110 cm³/mol. The maximum absolute atomic E-state index is 12.7. The average molecular weight is 457 g/mol. The van der Waals surface area contributed by atoms with E-state index >= 15 is 0 Å². The zero-order chi connectivity index (χ0) is 19.3. The number of hydrogen-bond donors (Lipinski definition) is 2. The van der Waals surface area contributed by atoms with Crippen LogP contribution in [0.4, 0.5) is 5.69 Å². The molecule has 5 nitrogen and oxygen atoms in total. The van der Waals surface area contributed by atoms with Crippen molar-refractivity contribution >= 4 is 49.3 Å². The highest BCUT2D eigenvalue weighted by molar-refractivity contribution is 9.10. The molecule has 0 saturated heterocycles. The summed E-state index contributed by atoms with van der Waals surface area (Å²) >= 11 is 4.84. The zero-order valence-electron chi connectivity index (χ0n) is 14.7. The van der Waals surface area contributed by atoms with Gasteiger partial charge in [0.2, 0.25) is 15.9 Å². The van der Waals surface area contributed by atoms with E-state index in [2.05, 4.69) is 26.0 Å². The van der Waals surface area contributed by atoms with Gasteiger partial charge in [-0.25, -0.2) is 8.42 Å². The van der Waals surface area contributed by atoms with Crippen LogP contribution < -0.4 is 10.0 Å². The van der Waals surface area contributed by atoms with Gasteiger partial charge in [0.15, 0.2) is 0 Å². The molecule has 2 rings (SSSR count). The molecule has 0 aliphatic carbocycles. The first kappa shape index (κ1) is 21.0. The summed E-state index contributed by atoms with van der Waals surface area (Å²) in [4.78, 5) is 13.8. The lowest BCUT2D eigenvalue weighted by atomic mass is 10.0.